The molecule has 2 aliphatic heterocycles. The maximum Gasteiger partial charge on any atom is 0.224 e. The first-order valence-electron chi connectivity index (χ1n) is 10.5. The van der Waals surface area contributed by atoms with Crippen LogP contribution in [-0.2, 0) is 11.3 Å². The Kier molecular flexibility index (Phi) is 8.05. The van der Waals surface area contributed by atoms with Crippen molar-refractivity contribution in [1.29, 1.82) is 0 Å². The Morgan fingerprint density at radius 1 is 1.22 bits per heavy atom. The third-order valence-corrected chi connectivity index (χ3v) is 5.91. The number of rotatable bonds is 8. The number of hydrogen-bond donors (Lipinski definition) is 2. The van der Waals surface area contributed by atoms with Gasteiger partial charge in [0.15, 0.2) is 0 Å². The van der Waals surface area contributed by atoms with E-state index in [9.17, 15) is 4.79 Å². The normalized spacial score (nSPS) is 22.6. The number of aliphatic hydroxyl groups excluding tert-OH is 1. The first-order valence-corrected chi connectivity index (χ1v) is 10.5. The summed E-state index contributed by atoms with van der Waals surface area (Å²) in [5.74, 6) is 0.327. The number of aliphatic hydroxyl groups is 1. The third kappa shape index (κ3) is 6.26. The summed E-state index contributed by atoms with van der Waals surface area (Å²) in [6.07, 6.45) is 9.89. The Morgan fingerprint density at radius 3 is 2.81 bits per heavy atom. The van der Waals surface area contributed by atoms with Gasteiger partial charge in [0.1, 0.15) is 0 Å². The van der Waals surface area contributed by atoms with E-state index in [-0.39, 0.29) is 18.4 Å². The SMILES string of the molecule is O=C(NCCCCO)[C@@H]1CCCN(C2CCN(Cc3cccnc3)CC2)C1. The van der Waals surface area contributed by atoms with Crippen LogP contribution in [0.25, 0.3) is 0 Å². The van der Waals surface area contributed by atoms with Crippen molar-refractivity contribution in [1.82, 2.24) is 20.1 Å². The van der Waals surface area contributed by atoms with E-state index in [4.69, 9.17) is 5.11 Å². The molecule has 150 valence electrons. The number of nitrogens with one attached hydrogen (secondary N) is 1. The molecule has 1 atom stereocenters. The molecule has 6 heteroatoms. The van der Waals surface area contributed by atoms with E-state index >= 15 is 0 Å². The number of pyridine rings is 1. The Balaban J connectivity index is 1.40. The molecule has 1 aromatic rings. The Hall–Kier alpha value is -1.50. The minimum atomic E-state index is 0.126. The number of nitrogens with zero attached hydrogens (tertiary/aromatic N) is 3. The molecule has 0 aromatic carbocycles. The van der Waals surface area contributed by atoms with Crippen LogP contribution in [0.5, 0.6) is 0 Å². The highest BCUT2D eigenvalue weighted by atomic mass is 16.3. The van der Waals surface area contributed by atoms with Crippen LogP contribution in [0.4, 0.5) is 0 Å². The van der Waals surface area contributed by atoms with E-state index in [1.165, 1.54) is 18.4 Å². The van der Waals surface area contributed by atoms with Gasteiger partial charge in [-0.1, -0.05) is 6.07 Å². The molecule has 0 radical (unpaired) electrons. The highest BCUT2D eigenvalue weighted by molar-refractivity contribution is 5.78. The van der Waals surface area contributed by atoms with Crippen LogP contribution >= 0.6 is 0 Å². The summed E-state index contributed by atoms with van der Waals surface area (Å²) in [5.41, 5.74) is 1.28. The van der Waals surface area contributed by atoms with Crippen molar-refractivity contribution in [2.75, 3.05) is 39.3 Å². The van der Waals surface area contributed by atoms with Gasteiger partial charge in [-0.15, -0.1) is 0 Å². The summed E-state index contributed by atoms with van der Waals surface area (Å²) in [5, 5.41) is 11.9. The predicted octanol–water partition coefficient (Wildman–Crippen LogP) is 1.65. The summed E-state index contributed by atoms with van der Waals surface area (Å²) in [6, 6.07) is 4.76. The quantitative estimate of drug-likeness (QED) is 0.677. The summed E-state index contributed by atoms with van der Waals surface area (Å²) in [6.45, 7) is 6.14. The van der Waals surface area contributed by atoms with E-state index in [1.54, 1.807) is 0 Å². The summed E-state index contributed by atoms with van der Waals surface area (Å²) in [4.78, 5) is 21.7. The summed E-state index contributed by atoms with van der Waals surface area (Å²) >= 11 is 0. The standard InChI is InChI=1S/C21H34N4O2/c26-14-2-1-10-23-21(27)19-6-4-11-25(17-19)20-7-12-24(13-8-20)16-18-5-3-9-22-15-18/h3,5,9,15,19-20,26H,1-2,4,6-8,10-14,16-17H2,(H,23,27)/t19-/m1/s1. The lowest BCUT2D eigenvalue weighted by molar-refractivity contribution is -0.127. The van der Waals surface area contributed by atoms with Crippen LogP contribution in [-0.4, -0.2) is 71.2 Å². The molecule has 3 heterocycles. The van der Waals surface area contributed by atoms with Crippen LogP contribution in [0.3, 0.4) is 0 Å². The van der Waals surface area contributed by atoms with Crippen molar-refractivity contribution in [2.24, 2.45) is 5.92 Å². The van der Waals surface area contributed by atoms with E-state index < -0.39 is 0 Å². The second kappa shape index (κ2) is 10.7. The van der Waals surface area contributed by atoms with E-state index in [1.807, 2.05) is 18.5 Å². The zero-order valence-corrected chi connectivity index (χ0v) is 16.4. The van der Waals surface area contributed by atoms with Gasteiger partial charge in [0.2, 0.25) is 5.91 Å². The first kappa shape index (κ1) is 20.2. The van der Waals surface area contributed by atoms with Gasteiger partial charge in [0.25, 0.3) is 0 Å². The molecule has 2 aliphatic rings. The van der Waals surface area contributed by atoms with Gasteiger partial charge in [-0.3, -0.25) is 19.6 Å². The molecule has 6 nitrogen and oxygen atoms in total. The van der Waals surface area contributed by atoms with Crippen molar-refractivity contribution in [3.8, 4) is 0 Å². The lowest BCUT2D eigenvalue weighted by Crippen LogP contribution is -2.50. The minimum absolute atomic E-state index is 0.126. The number of piperidine rings is 2. The van der Waals surface area contributed by atoms with E-state index in [2.05, 4.69) is 26.2 Å². The van der Waals surface area contributed by atoms with Crippen LogP contribution in [0.15, 0.2) is 24.5 Å². The summed E-state index contributed by atoms with van der Waals surface area (Å²) < 4.78 is 0. The highest BCUT2D eigenvalue weighted by Crippen LogP contribution is 2.24. The maximum absolute atomic E-state index is 12.4. The number of unbranched alkanes of at least 4 members (excludes halogenated alkanes) is 1. The minimum Gasteiger partial charge on any atom is -0.396 e. The number of amides is 1. The average Bonchev–Trinajstić information content (AvgIpc) is 2.72. The van der Waals surface area contributed by atoms with Crippen LogP contribution in [0.1, 0.15) is 44.1 Å². The van der Waals surface area contributed by atoms with Gasteiger partial charge in [-0.05, 0) is 69.8 Å². The Bertz CT molecular complexity index is 561. The molecule has 0 bridgehead atoms. The predicted molar refractivity (Wildman–Crippen MR) is 106 cm³/mol. The fourth-order valence-electron chi connectivity index (χ4n) is 4.34. The van der Waals surface area contributed by atoms with E-state index in [0.29, 0.717) is 12.6 Å². The molecular weight excluding hydrogens is 340 g/mol. The smallest absolute Gasteiger partial charge is 0.224 e. The van der Waals surface area contributed by atoms with Crippen molar-refractivity contribution < 1.29 is 9.90 Å². The lowest BCUT2D eigenvalue weighted by atomic mass is 9.93. The fraction of sp³-hybridized carbons (Fsp3) is 0.714. The monoisotopic (exact) mass is 374 g/mol. The molecule has 1 aromatic heterocycles. The maximum atomic E-state index is 12.4. The zero-order valence-electron chi connectivity index (χ0n) is 16.4. The molecule has 0 spiro atoms. The zero-order chi connectivity index (χ0) is 18.9. The van der Waals surface area contributed by atoms with Crippen LogP contribution in [0, 0.1) is 5.92 Å². The van der Waals surface area contributed by atoms with Crippen LogP contribution < -0.4 is 5.32 Å². The van der Waals surface area contributed by atoms with Gasteiger partial charge in [0.05, 0.1) is 5.92 Å². The lowest BCUT2D eigenvalue weighted by Gasteiger charge is -2.42. The topological polar surface area (TPSA) is 68.7 Å². The molecule has 0 aliphatic carbocycles. The van der Waals surface area contributed by atoms with Gasteiger partial charge in [-0.25, -0.2) is 0 Å². The summed E-state index contributed by atoms with van der Waals surface area (Å²) in [7, 11) is 0. The fourth-order valence-corrected chi connectivity index (χ4v) is 4.34. The van der Waals surface area contributed by atoms with Gasteiger partial charge in [0, 0.05) is 44.7 Å². The second-order valence-electron chi connectivity index (χ2n) is 7.92. The largest absolute Gasteiger partial charge is 0.396 e. The van der Waals surface area contributed by atoms with Gasteiger partial charge in [-0.2, -0.15) is 0 Å². The van der Waals surface area contributed by atoms with Crippen molar-refractivity contribution in [2.45, 2.75) is 51.1 Å². The van der Waals surface area contributed by atoms with Gasteiger partial charge >= 0.3 is 0 Å². The molecule has 0 saturated carbocycles. The Morgan fingerprint density at radius 2 is 2.07 bits per heavy atom. The number of aromatic nitrogens is 1. The van der Waals surface area contributed by atoms with Crippen molar-refractivity contribution in [3.63, 3.8) is 0 Å². The second-order valence-corrected chi connectivity index (χ2v) is 7.92. The molecule has 2 fully saturated rings. The molecule has 27 heavy (non-hydrogen) atoms. The number of carbonyl (C=O) groups is 1. The molecule has 0 unspecified atom stereocenters. The molecular formula is C21H34N4O2. The first-order chi connectivity index (χ1) is 13.3. The van der Waals surface area contributed by atoms with Crippen LogP contribution in [0.2, 0.25) is 0 Å². The van der Waals surface area contributed by atoms with Crippen molar-refractivity contribution >= 4 is 5.91 Å². The molecule has 2 saturated heterocycles. The highest BCUT2D eigenvalue weighted by Gasteiger charge is 2.31. The number of hydrogen-bond acceptors (Lipinski definition) is 5. The molecule has 3 rings (SSSR count). The molecule has 2 N–H and O–H groups in total. The van der Waals surface area contributed by atoms with Gasteiger partial charge < -0.3 is 10.4 Å². The average molecular weight is 375 g/mol. The number of carbonyl (C=O) groups excluding carboxylic acids is 1. The number of likely N-dealkylation sites (tertiary alicyclic amines) is 2. The van der Waals surface area contributed by atoms with Crippen molar-refractivity contribution in [3.05, 3.63) is 30.1 Å². The molecule has 1 amide bonds. The van der Waals surface area contributed by atoms with E-state index in [0.717, 1.165) is 58.4 Å². The third-order valence-electron chi connectivity index (χ3n) is 5.91. The Labute approximate surface area is 163 Å².